The molecular formula is C36H38N2O2S. The zero-order valence-corrected chi connectivity index (χ0v) is 24.8. The van der Waals surface area contributed by atoms with Crippen LogP contribution in [0.3, 0.4) is 0 Å². The summed E-state index contributed by atoms with van der Waals surface area (Å²) in [6.45, 7) is 4.75. The van der Waals surface area contributed by atoms with Gasteiger partial charge in [-0.25, -0.2) is 0 Å². The fourth-order valence-corrected chi connectivity index (χ4v) is 9.48. The second kappa shape index (κ2) is 10.5. The number of benzene rings is 3. The summed E-state index contributed by atoms with van der Waals surface area (Å²) in [5.74, 6) is 2.48. The Hall–Kier alpha value is -3.31. The molecule has 0 spiro atoms. The number of hydrogen-bond donors (Lipinski definition) is 1. The molecule has 1 aliphatic heterocycles. The molecule has 2 amide bonds. The molecule has 210 valence electrons. The van der Waals surface area contributed by atoms with Crippen molar-refractivity contribution < 1.29 is 9.59 Å². The zero-order valence-electron chi connectivity index (χ0n) is 23.9. The SMILES string of the molecule is Cc1cccc(CN2C(=O)/C(=C/c3ccccc3)Sc3ccc(C(=O)N[C@@H](C)C45CC6CC(CC(C6)C4)C5)cc32)c1. The number of rotatable bonds is 6. The first kappa shape index (κ1) is 26.6. The lowest BCUT2D eigenvalue weighted by Crippen LogP contribution is -2.55. The Morgan fingerprint density at radius 2 is 1.68 bits per heavy atom. The van der Waals surface area contributed by atoms with Crippen LogP contribution in [0.1, 0.15) is 72.5 Å². The Morgan fingerprint density at radius 1 is 0.976 bits per heavy atom. The molecule has 41 heavy (non-hydrogen) atoms. The van der Waals surface area contributed by atoms with Crippen LogP contribution in [-0.4, -0.2) is 17.9 Å². The van der Waals surface area contributed by atoms with Crippen molar-refractivity contribution in [3.05, 3.63) is 100.0 Å². The van der Waals surface area contributed by atoms with E-state index >= 15 is 0 Å². The molecular weight excluding hydrogens is 524 g/mol. The van der Waals surface area contributed by atoms with Gasteiger partial charge in [-0.2, -0.15) is 0 Å². The quantitative estimate of drug-likeness (QED) is 0.310. The highest BCUT2D eigenvalue weighted by Gasteiger charge is 2.53. The van der Waals surface area contributed by atoms with E-state index in [1.807, 2.05) is 65.6 Å². The molecule has 4 nitrogen and oxygen atoms in total. The molecule has 5 aliphatic rings. The average Bonchev–Trinajstić information content (AvgIpc) is 2.95. The third kappa shape index (κ3) is 5.14. The average molecular weight is 563 g/mol. The molecule has 1 heterocycles. The van der Waals surface area contributed by atoms with Crippen LogP contribution in [0.15, 0.2) is 82.6 Å². The number of nitrogens with zero attached hydrogens (tertiary/aromatic N) is 1. The Bertz CT molecular complexity index is 1490. The lowest BCUT2D eigenvalue weighted by atomic mass is 9.48. The number of thioether (sulfide) groups is 1. The number of amides is 2. The molecule has 4 fully saturated rings. The minimum Gasteiger partial charge on any atom is -0.349 e. The summed E-state index contributed by atoms with van der Waals surface area (Å²) in [5.41, 5.74) is 4.91. The summed E-state index contributed by atoms with van der Waals surface area (Å²) in [5, 5.41) is 3.42. The number of hydrogen-bond acceptors (Lipinski definition) is 3. The van der Waals surface area contributed by atoms with Crippen molar-refractivity contribution in [3.8, 4) is 0 Å². The number of carbonyl (C=O) groups excluding carboxylic acids is 2. The predicted molar refractivity (Wildman–Crippen MR) is 167 cm³/mol. The Balaban J connectivity index is 1.18. The number of fused-ring (bicyclic) bond motifs is 1. The van der Waals surface area contributed by atoms with E-state index in [0.717, 1.165) is 45.0 Å². The largest absolute Gasteiger partial charge is 0.349 e. The minimum atomic E-state index is -0.0349. The fraction of sp³-hybridized carbons (Fsp3) is 0.389. The van der Waals surface area contributed by atoms with Gasteiger partial charge in [0.05, 0.1) is 17.1 Å². The molecule has 1 N–H and O–H groups in total. The molecule has 5 heteroatoms. The van der Waals surface area contributed by atoms with Crippen LogP contribution in [-0.2, 0) is 11.3 Å². The van der Waals surface area contributed by atoms with Crippen LogP contribution < -0.4 is 10.2 Å². The Labute approximate surface area is 247 Å². The van der Waals surface area contributed by atoms with E-state index in [4.69, 9.17) is 0 Å². The fourth-order valence-electron chi connectivity index (χ4n) is 8.44. The standard InChI is InChI=1S/C36H38N2O2S/c1-23-7-6-10-26(13-23)22-38-31-18-30(11-12-32(31)41-33(35(38)40)17-25-8-4-3-5-9-25)34(39)37-24(2)36-19-27-14-28(20-36)16-29(15-27)21-36/h3-13,17-18,24,27-29H,14-16,19-22H2,1-2H3,(H,37,39)/b33-17-/t24-,27?,28?,29?,36?/m0/s1. The van der Waals surface area contributed by atoms with E-state index < -0.39 is 0 Å². The number of carbonyl (C=O) groups is 2. The van der Waals surface area contributed by atoms with Gasteiger partial charge >= 0.3 is 0 Å². The molecule has 4 aliphatic carbocycles. The van der Waals surface area contributed by atoms with Crippen molar-refractivity contribution in [2.45, 2.75) is 69.9 Å². The van der Waals surface area contributed by atoms with Gasteiger partial charge in [-0.1, -0.05) is 71.9 Å². The molecule has 4 saturated carbocycles. The third-order valence-corrected chi connectivity index (χ3v) is 11.1. The van der Waals surface area contributed by atoms with Gasteiger partial charge in [0.1, 0.15) is 0 Å². The van der Waals surface area contributed by atoms with Crippen LogP contribution in [0.25, 0.3) is 6.08 Å². The van der Waals surface area contributed by atoms with Gasteiger partial charge in [-0.15, -0.1) is 0 Å². The summed E-state index contributed by atoms with van der Waals surface area (Å²) in [7, 11) is 0. The van der Waals surface area contributed by atoms with Gasteiger partial charge in [0.2, 0.25) is 0 Å². The van der Waals surface area contributed by atoms with E-state index in [1.165, 1.54) is 50.3 Å². The van der Waals surface area contributed by atoms with Crippen LogP contribution >= 0.6 is 11.8 Å². The molecule has 0 unspecified atom stereocenters. The molecule has 0 radical (unpaired) electrons. The van der Waals surface area contributed by atoms with Gasteiger partial charge in [-0.05, 0) is 111 Å². The van der Waals surface area contributed by atoms with Crippen molar-refractivity contribution in [2.75, 3.05) is 4.90 Å². The molecule has 0 saturated heterocycles. The van der Waals surface area contributed by atoms with Crippen LogP contribution in [0, 0.1) is 30.1 Å². The van der Waals surface area contributed by atoms with E-state index in [-0.39, 0.29) is 23.3 Å². The van der Waals surface area contributed by atoms with Crippen molar-refractivity contribution >= 4 is 35.3 Å². The maximum atomic E-state index is 13.9. The number of anilines is 1. The van der Waals surface area contributed by atoms with E-state index in [2.05, 4.69) is 37.4 Å². The Kier molecular flexibility index (Phi) is 6.81. The van der Waals surface area contributed by atoms with Crippen molar-refractivity contribution in [1.29, 1.82) is 0 Å². The highest BCUT2D eigenvalue weighted by atomic mass is 32.2. The monoisotopic (exact) mass is 562 g/mol. The molecule has 0 aromatic heterocycles. The summed E-state index contributed by atoms with van der Waals surface area (Å²) < 4.78 is 0. The van der Waals surface area contributed by atoms with Crippen molar-refractivity contribution in [3.63, 3.8) is 0 Å². The van der Waals surface area contributed by atoms with E-state index in [1.54, 1.807) is 0 Å². The lowest BCUT2D eigenvalue weighted by molar-refractivity contribution is -0.114. The van der Waals surface area contributed by atoms with Crippen molar-refractivity contribution in [1.82, 2.24) is 5.32 Å². The first-order valence-electron chi connectivity index (χ1n) is 15.1. The Morgan fingerprint density at radius 3 is 2.37 bits per heavy atom. The maximum absolute atomic E-state index is 13.9. The molecule has 8 rings (SSSR count). The smallest absolute Gasteiger partial charge is 0.265 e. The van der Waals surface area contributed by atoms with Gasteiger partial charge < -0.3 is 10.2 Å². The summed E-state index contributed by atoms with van der Waals surface area (Å²) in [6.07, 6.45) is 9.94. The number of aryl methyl sites for hydroxylation is 1. The van der Waals surface area contributed by atoms with Gasteiger partial charge in [0, 0.05) is 16.5 Å². The second-order valence-electron chi connectivity index (χ2n) is 13.1. The van der Waals surface area contributed by atoms with Crippen LogP contribution in [0.5, 0.6) is 0 Å². The zero-order chi connectivity index (χ0) is 28.1. The van der Waals surface area contributed by atoms with Gasteiger partial charge in [0.25, 0.3) is 11.8 Å². The van der Waals surface area contributed by atoms with Gasteiger partial charge in [0.15, 0.2) is 0 Å². The summed E-state index contributed by atoms with van der Waals surface area (Å²) in [6, 6.07) is 24.3. The topological polar surface area (TPSA) is 49.4 Å². The third-order valence-electron chi connectivity index (χ3n) is 10.1. The highest BCUT2D eigenvalue weighted by molar-refractivity contribution is 8.04. The predicted octanol–water partition coefficient (Wildman–Crippen LogP) is 8.01. The molecule has 1 atom stereocenters. The highest BCUT2D eigenvalue weighted by Crippen LogP contribution is 2.61. The van der Waals surface area contributed by atoms with E-state index in [9.17, 15) is 9.59 Å². The second-order valence-corrected chi connectivity index (χ2v) is 14.1. The molecule has 4 bridgehead atoms. The normalized spacial score (nSPS) is 28.0. The van der Waals surface area contributed by atoms with Crippen molar-refractivity contribution in [2.24, 2.45) is 23.2 Å². The maximum Gasteiger partial charge on any atom is 0.265 e. The molecule has 3 aromatic carbocycles. The molecule has 3 aromatic rings. The summed E-state index contributed by atoms with van der Waals surface area (Å²) in [4.78, 5) is 31.2. The lowest BCUT2D eigenvalue weighted by Gasteiger charge is -2.59. The summed E-state index contributed by atoms with van der Waals surface area (Å²) >= 11 is 1.49. The number of nitrogens with one attached hydrogen (secondary N) is 1. The van der Waals surface area contributed by atoms with Gasteiger partial charge in [-0.3, -0.25) is 9.59 Å². The first-order chi connectivity index (χ1) is 19.8. The van der Waals surface area contributed by atoms with E-state index in [0.29, 0.717) is 17.0 Å². The van der Waals surface area contributed by atoms with Crippen LogP contribution in [0.4, 0.5) is 5.69 Å². The van der Waals surface area contributed by atoms with Crippen LogP contribution in [0.2, 0.25) is 0 Å². The first-order valence-corrected chi connectivity index (χ1v) is 15.9. The minimum absolute atomic E-state index is 0.0328.